The van der Waals surface area contributed by atoms with E-state index < -0.39 is 0 Å². The summed E-state index contributed by atoms with van der Waals surface area (Å²) < 4.78 is 0. The van der Waals surface area contributed by atoms with Gasteiger partial charge < -0.3 is 5.32 Å². The van der Waals surface area contributed by atoms with E-state index in [0.717, 1.165) is 23.9 Å². The van der Waals surface area contributed by atoms with Crippen molar-refractivity contribution in [2.75, 3.05) is 19.6 Å². The highest BCUT2D eigenvalue weighted by Gasteiger charge is 2.29. The highest BCUT2D eigenvalue weighted by atomic mass is 15.2. The predicted octanol–water partition coefficient (Wildman–Crippen LogP) is 3.52. The second-order valence-electron chi connectivity index (χ2n) is 6.86. The van der Waals surface area contributed by atoms with Crippen LogP contribution in [-0.2, 0) is 0 Å². The van der Waals surface area contributed by atoms with Crippen molar-refractivity contribution in [2.24, 2.45) is 11.8 Å². The summed E-state index contributed by atoms with van der Waals surface area (Å²) in [6, 6.07) is 1.60. The van der Waals surface area contributed by atoms with Crippen LogP contribution >= 0.6 is 0 Å². The van der Waals surface area contributed by atoms with E-state index in [-0.39, 0.29) is 0 Å². The quantitative estimate of drug-likeness (QED) is 0.713. The van der Waals surface area contributed by atoms with E-state index in [1.807, 2.05) is 0 Å². The molecule has 0 heterocycles. The Bertz CT molecular complexity index is 203. The van der Waals surface area contributed by atoms with Crippen LogP contribution in [0.15, 0.2) is 0 Å². The molecule has 1 fully saturated rings. The molecule has 18 heavy (non-hydrogen) atoms. The molecule has 0 amide bonds. The lowest BCUT2D eigenvalue weighted by Gasteiger charge is -2.32. The zero-order valence-corrected chi connectivity index (χ0v) is 13.2. The monoisotopic (exact) mass is 254 g/mol. The average molecular weight is 254 g/mol. The van der Waals surface area contributed by atoms with Crippen LogP contribution in [0.3, 0.4) is 0 Å². The molecule has 0 aromatic rings. The Kier molecular flexibility index (Phi) is 7.25. The van der Waals surface area contributed by atoms with Crippen LogP contribution in [0.25, 0.3) is 0 Å². The maximum atomic E-state index is 3.70. The molecule has 2 nitrogen and oxygen atoms in total. The third-order valence-electron chi connectivity index (χ3n) is 3.80. The third-order valence-corrected chi connectivity index (χ3v) is 3.80. The van der Waals surface area contributed by atoms with Crippen molar-refractivity contribution >= 4 is 0 Å². The highest BCUT2D eigenvalue weighted by molar-refractivity contribution is 4.87. The lowest BCUT2D eigenvalue weighted by Crippen LogP contribution is -2.40. The third kappa shape index (κ3) is 5.71. The number of rotatable bonds is 8. The standard InChI is InChI=1S/C16H34N2/c1-6-9-17-15-7-8-16(10-15)18(11-13(2)3)12-14(4)5/h13-17H,6-12H2,1-5H3. The number of nitrogens with zero attached hydrogens (tertiary/aromatic N) is 1. The van der Waals surface area contributed by atoms with Gasteiger partial charge in [0.25, 0.3) is 0 Å². The molecule has 0 saturated heterocycles. The molecule has 2 atom stereocenters. The fourth-order valence-corrected chi connectivity index (χ4v) is 3.13. The van der Waals surface area contributed by atoms with E-state index >= 15 is 0 Å². The molecule has 0 bridgehead atoms. The molecule has 1 rings (SSSR count). The maximum Gasteiger partial charge on any atom is 0.0111 e. The van der Waals surface area contributed by atoms with Gasteiger partial charge in [0.15, 0.2) is 0 Å². The fourth-order valence-electron chi connectivity index (χ4n) is 3.13. The number of hydrogen-bond donors (Lipinski definition) is 1. The van der Waals surface area contributed by atoms with Gasteiger partial charge in [0.05, 0.1) is 0 Å². The summed E-state index contributed by atoms with van der Waals surface area (Å²) in [4.78, 5) is 2.75. The highest BCUT2D eigenvalue weighted by Crippen LogP contribution is 2.25. The van der Waals surface area contributed by atoms with Crippen molar-refractivity contribution in [3.05, 3.63) is 0 Å². The second kappa shape index (κ2) is 8.16. The van der Waals surface area contributed by atoms with Crippen molar-refractivity contribution in [1.82, 2.24) is 10.2 Å². The first-order valence-corrected chi connectivity index (χ1v) is 8.00. The van der Waals surface area contributed by atoms with Crippen LogP contribution in [0.4, 0.5) is 0 Å². The minimum Gasteiger partial charge on any atom is -0.314 e. The summed E-state index contributed by atoms with van der Waals surface area (Å²) in [5.74, 6) is 1.57. The van der Waals surface area contributed by atoms with Crippen molar-refractivity contribution < 1.29 is 0 Å². The predicted molar refractivity (Wildman–Crippen MR) is 81.0 cm³/mol. The van der Waals surface area contributed by atoms with Crippen LogP contribution in [0.2, 0.25) is 0 Å². The van der Waals surface area contributed by atoms with E-state index in [9.17, 15) is 0 Å². The van der Waals surface area contributed by atoms with E-state index in [0.29, 0.717) is 0 Å². The Morgan fingerprint density at radius 3 is 2.17 bits per heavy atom. The molecule has 108 valence electrons. The van der Waals surface area contributed by atoms with E-state index in [1.54, 1.807) is 0 Å². The zero-order valence-electron chi connectivity index (χ0n) is 13.2. The molecule has 2 unspecified atom stereocenters. The lowest BCUT2D eigenvalue weighted by atomic mass is 10.1. The first-order valence-electron chi connectivity index (χ1n) is 8.00. The first-order chi connectivity index (χ1) is 8.52. The zero-order chi connectivity index (χ0) is 13.5. The molecule has 1 aliphatic carbocycles. The Morgan fingerprint density at radius 2 is 1.67 bits per heavy atom. The molecule has 1 aliphatic rings. The Hall–Kier alpha value is -0.0800. The molecular weight excluding hydrogens is 220 g/mol. The van der Waals surface area contributed by atoms with Crippen LogP contribution in [-0.4, -0.2) is 36.6 Å². The van der Waals surface area contributed by atoms with Gasteiger partial charge in [-0.25, -0.2) is 0 Å². The topological polar surface area (TPSA) is 15.3 Å². The van der Waals surface area contributed by atoms with Gasteiger partial charge in [-0.3, -0.25) is 4.90 Å². The van der Waals surface area contributed by atoms with Crippen LogP contribution < -0.4 is 5.32 Å². The molecule has 0 aromatic heterocycles. The molecule has 0 aliphatic heterocycles. The van der Waals surface area contributed by atoms with Crippen LogP contribution in [0.1, 0.15) is 60.3 Å². The summed E-state index contributed by atoms with van der Waals surface area (Å²) in [6.45, 7) is 15.3. The smallest absolute Gasteiger partial charge is 0.0111 e. The van der Waals surface area contributed by atoms with E-state index in [1.165, 1.54) is 45.3 Å². The lowest BCUT2D eigenvalue weighted by molar-refractivity contribution is 0.156. The Labute approximate surface area is 115 Å². The SMILES string of the molecule is CCCNC1CCC(N(CC(C)C)CC(C)C)C1. The van der Waals surface area contributed by atoms with Gasteiger partial charge in [-0.2, -0.15) is 0 Å². The normalized spacial score (nSPS) is 24.7. The number of hydrogen-bond acceptors (Lipinski definition) is 2. The minimum atomic E-state index is 0.775. The Balaban J connectivity index is 2.43. The Morgan fingerprint density at radius 1 is 1.06 bits per heavy atom. The summed E-state index contributed by atoms with van der Waals surface area (Å²) in [5.41, 5.74) is 0. The maximum absolute atomic E-state index is 3.70. The molecule has 1 saturated carbocycles. The molecule has 0 aromatic carbocycles. The van der Waals surface area contributed by atoms with Crippen molar-refractivity contribution in [3.63, 3.8) is 0 Å². The largest absolute Gasteiger partial charge is 0.314 e. The summed E-state index contributed by atoms with van der Waals surface area (Å²) in [6.07, 6.45) is 5.38. The minimum absolute atomic E-state index is 0.775. The molecule has 1 N–H and O–H groups in total. The van der Waals surface area contributed by atoms with E-state index in [4.69, 9.17) is 0 Å². The van der Waals surface area contributed by atoms with Gasteiger partial charge in [0, 0.05) is 25.2 Å². The van der Waals surface area contributed by atoms with Crippen LogP contribution in [0.5, 0.6) is 0 Å². The first kappa shape index (κ1) is 16.0. The van der Waals surface area contributed by atoms with Crippen molar-refractivity contribution in [2.45, 2.75) is 72.4 Å². The number of nitrogens with one attached hydrogen (secondary N) is 1. The van der Waals surface area contributed by atoms with Crippen molar-refractivity contribution in [3.8, 4) is 0 Å². The van der Waals surface area contributed by atoms with Crippen molar-refractivity contribution in [1.29, 1.82) is 0 Å². The molecule has 0 radical (unpaired) electrons. The summed E-state index contributed by atoms with van der Waals surface area (Å²) in [7, 11) is 0. The summed E-state index contributed by atoms with van der Waals surface area (Å²) >= 11 is 0. The van der Waals surface area contributed by atoms with Crippen LogP contribution in [0, 0.1) is 11.8 Å². The van der Waals surface area contributed by atoms with Gasteiger partial charge in [-0.15, -0.1) is 0 Å². The van der Waals surface area contributed by atoms with Gasteiger partial charge >= 0.3 is 0 Å². The molecular formula is C16H34N2. The van der Waals surface area contributed by atoms with Gasteiger partial charge in [0.2, 0.25) is 0 Å². The van der Waals surface area contributed by atoms with Gasteiger partial charge in [-0.1, -0.05) is 34.6 Å². The van der Waals surface area contributed by atoms with Gasteiger partial charge in [0.1, 0.15) is 0 Å². The summed E-state index contributed by atoms with van der Waals surface area (Å²) in [5, 5.41) is 3.70. The molecule has 0 spiro atoms. The van der Waals surface area contributed by atoms with Gasteiger partial charge in [-0.05, 0) is 44.1 Å². The fraction of sp³-hybridized carbons (Fsp3) is 1.00. The average Bonchev–Trinajstić information content (AvgIpc) is 2.72. The van der Waals surface area contributed by atoms with E-state index in [2.05, 4.69) is 44.8 Å². The molecule has 2 heteroatoms. The second-order valence-corrected chi connectivity index (χ2v) is 6.86.